The maximum Gasteiger partial charge on any atom is 0.355 e. The molecule has 2 heterocycles. The first kappa shape index (κ1) is 20.8. The minimum atomic E-state index is -0.483. The maximum absolute atomic E-state index is 13.1. The molecule has 2 aromatic rings. The Bertz CT molecular complexity index is 900. The van der Waals surface area contributed by atoms with Crippen molar-refractivity contribution in [2.24, 2.45) is 5.92 Å². The first-order chi connectivity index (χ1) is 13.9. The fourth-order valence-corrected chi connectivity index (χ4v) is 3.64. The van der Waals surface area contributed by atoms with Crippen LogP contribution in [0.15, 0.2) is 24.4 Å². The van der Waals surface area contributed by atoms with Crippen molar-refractivity contribution in [3.8, 4) is 0 Å². The molecule has 0 atom stereocenters. The lowest BCUT2D eigenvalue weighted by molar-refractivity contribution is -0.138. The van der Waals surface area contributed by atoms with E-state index in [0.29, 0.717) is 16.8 Å². The van der Waals surface area contributed by atoms with Crippen molar-refractivity contribution < 1.29 is 19.1 Å². The molecular formula is C22H27N3O4. The highest BCUT2D eigenvalue weighted by Crippen LogP contribution is 2.29. The largest absolute Gasteiger partial charge is 0.461 e. The third-order valence-corrected chi connectivity index (χ3v) is 5.38. The second-order valence-corrected chi connectivity index (χ2v) is 7.41. The van der Waals surface area contributed by atoms with Crippen LogP contribution in [0.5, 0.6) is 0 Å². The number of hydrogen-bond donors (Lipinski definition) is 1. The molecule has 0 bridgehead atoms. The van der Waals surface area contributed by atoms with Crippen LogP contribution in [0.25, 0.3) is 0 Å². The van der Waals surface area contributed by atoms with E-state index in [1.165, 1.54) is 0 Å². The minimum absolute atomic E-state index is 0.00767. The van der Waals surface area contributed by atoms with Crippen LogP contribution in [0.4, 0.5) is 0 Å². The van der Waals surface area contributed by atoms with Crippen molar-refractivity contribution in [3.05, 3.63) is 52.6 Å². The molecule has 7 nitrogen and oxygen atoms in total. The normalized spacial score (nSPS) is 13.6. The second kappa shape index (κ2) is 9.03. The summed E-state index contributed by atoms with van der Waals surface area (Å²) in [6.07, 6.45) is 4.44. The second-order valence-electron chi connectivity index (χ2n) is 7.41. The van der Waals surface area contributed by atoms with Gasteiger partial charge in [-0.25, -0.2) is 4.79 Å². The summed E-state index contributed by atoms with van der Waals surface area (Å²) in [5.41, 5.74) is 2.63. The van der Waals surface area contributed by atoms with Crippen LogP contribution < -0.4 is 0 Å². The Labute approximate surface area is 170 Å². The lowest BCUT2D eigenvalue weighted by Crippen LogP contribution is -2.41. The zero-order chi connectivity index (χ0) is 21.0. The Morgan fingerprint density at radius 2 is 2.00 bits per heavy atom. The summed E-state index contributed by atoms with van der Waals surface area (Å²) < 4.78 is 5.05. The summed E-state index contributed by atoms with van der Waals surface area (Å²) in [6, 6.07) is 5.52. The van der Waals surface area contributed by atoms with Crippen LogP contribution in [0.2, 0.25) is 0 Å². The van der Waals surface area contributed by atoms with E-state index < -0.39 is 5.97 Å². The molecular weight excluding hydrogens is 370 g/mol. The van der Waals surface area contributed by atoms with Crippen molar-refractivity contribution in [2.75, 3.05) is 13.2 Å². The Morgan fingerprint density at radius 1 is 1.24 bits per heavy atom. The molecule has 1 N–H and O–H groups in total. The molecule has 29 heavy (non-hydrogen) atoms. The number of aromatic nitrogens is 2. The highest BCUT2D eigenvalue weighted by Gasteiger charge is 2.32. The number of esters is 1. The van der Waals surface area contributed by atoms with Crippen molar-refractivity contribution in [1.29, 1.82) is 0 Å². The van der Waals surface area contributed by atoms with Gasteiger partial charge in [0.25, 0.3) is 0 Å². The van der Waals surface area contributed by atoms with Crippen LogP contribution >= 0.6 is 0 Å². The molecule has 1 fully saturated rings. The third-order valence-electron chi connectivity index (χ3n) is 5.38. The number of carbonyl (C=O) groups excluding carboxylic acids is 3. The van der Waals surface area contributed by atoms with Crippen LogP contribution in [0, 0.1) is 19.8 Å². The molecule has 3 rings (SSSR count). The van der Waals surface area contributed by atoms with Gasteiger partial charge in [0.2, 0.25) is 5.91 Å². The SMILES string of the molecule is CCOC(=O)c1[nH]c(C)c(C(=O)CN(Cc2ccccn2)C(=O)C2CCC2)c1C. The topological polar surface area (TPSA) is 92.4 Å². The van der Waals surface area contributed by atoms with Gasteiger partial charge < -0.3 is 14.6 Å². The number of rotatable bonds is 8. The highest BCUT2D eigenvalue weighted by atomic mass is 16.5. The Balaban J connectivity index is 1.82. The Morgan fingerprint density at radius 3 is 2.59 bits per heavy atom. The molecule has 1 aliphatic carbocycles. The number of H-pyrrole nitrogens is 1. The van der Waals surface area contributed by atoms with Gasteiger partial charge in [-0.2, -0.15) is 0 Å². The molecule has 0 aromatic carbocycles. The van der Waals surface area contributed by atoms with Gasteiger partial charge in [-0.15, -0.1) is 0 Å². The summed E-state index contributed by atoms with van der Waals surface area (Å²) in [4.78, 5) is 47.0. The van der Waals surface area contributed by atoms with Gasteiger partial charge in [0.05, 0.1) is 25.4 Å². The molecule has 0 unspecified atom stereocenters. The number of Topliss-reactive ketones (excluding diaryl/α,β-unsaturated/α-hetero) is 1. The standard InChI is InChI=1S/C22H27N3O4/c1-4-29-22(28)20-14(2)19(15(3)24-20)18(26)13-25(21(27)16-8-7-9-16)12-17-10-5-6-11-23-17/h5-6,10-11,16,24H,4,7-9,12-13H2,1-3H3. The monoisotopic (exact) mass is 397 g/mol. The van der Waals surface area contributed by atoms with E-state index in [1.807, 2.05) is 18.2 Å². The number of aromatic amines is 1. The molecule has 0 spiro atoms. The zero-order valence-corrected chi connectivity index (χ0v) is 17.2. The Kier molecular flexibility index (Phi) is 6.46. The van der Waals surface area contributed by atoms with E-state index in [9.17, 15) is 14.4 Å². The van der Waals surface area contributed by atoms with E-state index in [4.69, 9.17) is 4.74 Å². The number of hydrogen-bond acceptors (Lipinski definition) is 5. The summed E-state index contributed by atoms with van der Waals surface area (Å²) in [5.74, 6) is -0.708. The highest BCUT2D eigenvalue weighted by molar-refractivity contribution is 6.04. The van der Waals surface area contributed by atoms with Crippen molar-refractivity contribution >= 4 is 17.7 Å². The van der Waals surface area contributed by atoms with Gasteiger partial charge >= 0.3 is 5.97 Å². The molecule has 1 aliphatic rings. The number of carbonyl (C=O) groups is 3. The molecule has 7 heteroatoms. The molecule has 0 radical (unpaired) electrons. The van der Waals surface area contributed by atoms with Crippen LogP contribution in [0.1, 0.15) is 64.0 Å². The molecule has 1 amide bonds. The number of ketones is 1. The number of nitrogens with one attached hydrogen (secondary N) is 1. The number of amides is 1. The van der Waals surface area contributed by atoms with Crippen LogP contribution in [0.3, 0.4) is 0 Å². The van der Waals surface area contributed by atoms with E-state index >= 15 is 0 Å². The quantitative estimate of drug-likeness (QED) is 0.545. The number of aryl methyl sites for hydroxylation is 1. The first-order valence-electron chi connectivity index (χ1n) is 10.0. The molecule has 2 aromatic heterocycles. The minimum Gasteiger partial charge on any atom is -0.461 e. The van der Waals surface area contributed by atoms with Crippen molar-refractivity contribution in [1.82, 2.24) is 14.9 Å². The molecule has 154 valence electrons. The number of pyridine rings is 1. The van der Waals surface area contributed by atoms with Crippen molar-refractivity contribution in [3.63, 3.8) is 0 Å². The Hall–Kier alpha value is -2.96. The summed E-state index contributed by atoms with van der Waals surface area (Å²) in [6.45, 7) is 5.70. The van der Waals surface area contributed by atoms with Gasteiger partial charge in [-0.05, 0) is 51.3 Å². The van der Waals surface area contributed by atoms with Gasteiger partial charge in [0.15, 0.2) is 5.78 Å². The van der Waals surface area contributed by atoms with E-state index in [1.54, 1.807) is 31.9 Å². The first-order valence-corrected chi connectivity index (χ1v) is 10.0. The van der Waals surface area contributed by atoms with Gasteiger partial charge in [0.1, 0.15) is 5.69 Å². The van der Waals surface area contributed by atoms with E-state index in [-0.39, 0.29) is 43.0 Å². The molecule has 0 saturated heterocycles. The van der Waals surface area contributed by atoms with Crippen LogP contribution in [-0.4, -0.2) is 45.7 Å². The average molecular weight is 397 g/mol. The third kappa shape index (κ3) is 4.55. The van der Waals surface area contributed by atoms with Gasteiger partial charge in [0, 0.05) is 23.4 Å². The predicted molar refractivity (Wildman–Crippen MR) is 108 cm³/mol. The van der Waals surface area contributed by atoms with Gasteiger partial charge in [-0.3, -0.25) is 14.6 Å². The predicted octanol–water partition coefficient (Wildman–Crippen LogP) is 3.21. The van der Waals surface area contributed by atoms with Gasteiger partial charge in [-0.1, -0.05) is 12.5 Å². The lowest BCUT2D eigenvalue weighted by atomic mass is 9.84. The lowest BCUT2D eigenvalue weighted by Gasteiger charge is -2.31. The van der Waals surface area contributed by atoms with E-state index in [2.05, 4.69) is 9.97 Å². The number of ether oxygens (including phenoxy) is 1. The fraction of sp³-hybridized carbons (Fsp3) is 0.455. The van der Waals surface area contributed by atoms with Crippen LogP contribution in [-0.2, 0) is 16.1 Å². The summed E-state index contributed by atoms with van der Waals surface area (Å²) in [5, 5.41) is 0. The zero-order valence-electron chi connectivity index (χ0n) is 17.2. The molecule has 1 saturated carbocycles. The fourth-order valence-electron chi connectivity index (χ4n) is 3.64. The molecule has 0 aliphatic heterocycles. The van der Waals surface area contributed by atoms with E-state index in [0.717, 1.165) is 25.0 Å². The smallest absolute Gasteiger partial charge is 0.355 e. The van der Waals surface area contributed by atoms with Crippen molar-refractivity contribution in [2.45, 2.75) is 46.6 Å². The maximum atomic E-state index is 13.1. The number of nitrogens with zero attached hydrogens (tertiary/aromatic N) is 2. The average Bonchev–Trinajstić information content (AvgIpc) is 2.95. The summed E-state index contributed by atoms with van der Waals surface area (Å²) >= 11 is 0. The summed E-state index contributed by atoms with van der Waals surface area (Å²) in [7, 11) is 0.